The van der Waals surface area contributed by atoms with E-state index in [0.29, 0.717) is 10.0 Å². The number of carbonyl (C=O) groups is 2. The highest BCUT2D eigenvalue weighted by molar-refractivity contribution is 9.10. The number of halogens is 1. The third-order valence-electron chi connectivity index (χ3n) is 2.48. The van der Waals surface area contributed by atoms with Gasteiger partial charge in [0.05, 0.1) is 23.2 Å². The Balaban J connectivity index is 2.58. The first kappa shape index (κ1) is 19.2. The van der Waals surface area contributed by atoms with Crippen LogP contribution in [0.15, 0.2) is 16.7 Å². The van der Waals surface area contributed by atoms with E-state index in [0.717, 1.165) is 0 Å². The summed E-state index contributed by atoms with van der Waals surface area (Å²) < 4.78 is 15.8. The maximum absolute atomic E-state index is 11.6. The van der Waals surface area contributed by atoms with Crippen molar-refractivity contribution in [3.63, 3.8) is 0 Å². The van der Waals surface area contributed by atoms with Gasteiger partial charge in [-0.2, -0.15) is 0 Å². The summed E-state index contributed by atoms with van der Waals surface area (Å²) in [5, 5.41) is 2.65. The number of hydrogen-bond donors (Lipinski definition) is 1. The van der Waals surface area contributed by atoms with Crippen molar-refractivity contribution in [1.82, 2.24) is 10.3 Å². The van der Waals surface area contributed by atoms with Gasteiger partial charge in [0, 0.05) is 12.3 Å². The van der Waals surface area contributed by atoms with Crippen molar-refractivity contribution in [3.8, 4) is 5.88 Å². The average Bonchev–Trinajstić information content (AvgIpc) is 2.43. The quantitative estimate of drug-likeness (QED) is 0.780. The van der Waals surface area contributed by atoms with Crippen LogP contribution < -0.4 is 10.1 Å². The van der Waals surface area contributed by atoms with E-state index in [-0.39, 0.29) is 18.5 Å². The van der Waals surface area contributed by atoms with Crippen LogP contribution in [0, 0.1) is 0 Å². The zero-order chi connectivity index (χ0) is 17.6. The molecule has 1 rings (SSSR count). The lowest BCUT2D eigenvalue weighted by molar-refractivity contribution is 0.0493. The van der Waals surface area contributed by atoms with Crippen LogP contribution in [0.4, 0.5) is 4.79 Å². The molecule has 8 heteroatoms. The molecule has 1 aromatic rings. The number of pyridine rings is 1. The van der Waals surface area contributed by atoms with Gasteiger partial charge in [-0.15, -0.1) is 0 Å². The van der Waals surface area contributed by atoms with Gasteiger partial charge in [-0.25, -0.2) is 14.6 Å². The topological polar surface area (TPSA) is 86.8 Å². The highest BCUT2D eigenvalue weighted by atomic mass is 79.9. The van der Waals surface area contributed by atoms with E-state index in [1.807, 2.05) is 0 Å². The first-order chi connectivity index (χ1) is 10.6. The van der Waals surface area contributed by atoms with Gasteiger partial charge >= 0.3 is 12.1 Å². The Bertz CT molecular complexity index is 571. The average molecular weight is 389 g/mol. The molecule has 0 unspecified atom stereocenters. The second kappa shape index (κ2) is 8.14. The van der Waals surface area contributed by atoms with E-state index in [1.165, 1.54) is 19.4 Å². The summed E-state index contributed by atoms with van der Waals surface area (Å²) in [7, 11) is 1.29. The Hall–Kier alpha value is -1.83. The molecule has 1 heterocycles. The van der Waals surface area contributed by atoms with Crippen molar-refractivity contribution in [3.05, 3.63) is 22.3 Å². The molecule has 0 saturated carbocycles. The molecule has 0 spiro atoms. The van der Waals surface area contributed by atoms with Crippen molar-refractivity contribution >= 4 is 28.0 Å². The minimum atomic E-state index is -0.562. The smallest absolute Gasteiger partial charge is 0.407 e. The summed E-state index contributed by atoms with van der Waals surface area (Å²) in [6.07, 6.45) is 0.931. The van der Waals surface area contributed by atoms with Gasteiger partial charge in [0.15, 0.2) is 0 Å². The van der Waals surface area contributed by atoms with Gasteiger partial charge in [0.25, 0.3) is 0 Å². The highest BCUT2D eigenvalue weighted by Gasteiger charge is 2.18. The van der Waals surface area contributed by atoms with E-state index in [1.54, 1.807) is 27.7 Å². The fourth-order valence-electron chi connectivity index (χ4n) is 1.53. The number of nitrogens with zero attached hydrogens (tertiary/aromatic N) is 1. The summed E-state index contributed by atoms with van der Waals surface area (Å²) in [6.45, 7) is 7.30. The number of aromatic nitrogens is 1. The van der Waals surface area contributed by atoms with Crippen LogP contribution >= 0.6 is 15.9 Å². The fourth-order valence-corrected chi connectivity index (χ4v) is 1.90. The molecule has 7 nitrogen and oxygen atoms in total. The monoisotopic (exact) mass is 388 g/mol. The molecule has 0 aliphatic heterocycles. The lowest BCUT2D eigenvalue weighted by Gasteiger charge is -2.22. The lowest BCUT2D eigenvalue weighted by atomic mass is 10.2. The zero-order valence-electron chi connectivity index (χ0n) is 13.8. The van der Waals surface area contributed by atoms with Crippen LogP contribution in [-0.2, 0) is 9.47 Å². The molecule has 0 aliphatic carbocycles. The highest BCUT2D eigenvalue weighted by Crippen LogP contribution is 2.20. The van der Waals surface area contributed by atoms with Crippen LogP contribution in [0.25, 0.3) is 0 Å². The third kappa shape index (κ3) is 6.85. The van der Waals surface area contributed by atoms with Crippen molar-refractivity contribution in [2.24, 2.45) is 0 Å². The number of methoxy groups -OCH3 is 1. The predicted octanol–water partition coefficient (Wildman–Crippen LogP) is 2.92. The number of nitrogens with one attached hydrogen (secondary N) is 1. The largest absolute Gasteiger partial charge is 0.475 e. The molecule has 1 N–H and O–H groups in total. The molecule has 1 amide bonds. The van der Waals surface area contributed by atoms with Crippen LogP contribution in [0.2, 0.25) is 0 Å². The first-order valence-electron chi connectivity index (χ1n) is 6.98. The van der Waals surface area contributed by atoms with Gasteiger partial charge < -0.3 is 19.5 Å². The van der Waals surface area contributed by atoms with Crippen molar-refractivity contribution < 1.29 is 23.8 Å². The minimum Gasteiger partial charge on any atom is -0.475 e. The molecule has 128 valence electrons. The number of esters is 1. The van der Waals surface area contributed by atoms with E-state index in [2.05, 4.69) is 31.0 Å². The first-order valence-corrected chi connectivity index (χ1v) is 7.78. The number of amides is 1. The van der Waals surface area contributed by atoms with Gasteiger partial charge in [-0.3, -0.25) is 0 Å². The van der Waals surface area contributed by atoms with Gasteiger partial charge in [-0.1, -0.05) is 0 Å². The number of hydrogen-bond acceptors (Lipinski definition) is 6. The summed E-state index contributed by atoms with van der Waals surface area (Å²) >= 11 is 3.22. The molecule has 0 radical (unpaired) electrons. The molecule has 1 atom stereocenters. The molecule has 0 fully saturated rings. The van der Waals surface area contributed by atoms with Gasteiger partial charge in [-0.05, 0) is 43.6 Å². The number of alkyl carbamates (subject to hydrolysis) is 1. The van der Waals surface area contributed by atoms with Crippen molar-refractivity contribution in [1.29, 1.82) is 0 Å². The SMILES string of the molecule is COC(=O)c1cc(OC[C@H](C)NC(=O)OC(C)(C)C)ncc1Br. The predicted molar refractivity (Wildman–Crippen MR) is 87.6 cm³/mol. The Morgan fingerprint density at radius 2 is 2.04 bits per heavy atom. The molecule has 0 aliphatic rings. The summed E-state index contributed by atoms with van der Waals surface area (Å²) in [6, 6.07) is 1.17. The van der Waals surface area contributed by atoms with Crippen LogP contribution in [0.1, 0.15) is 38.1 Å². The standard InChI is InChI=1S/C15H21BrN2O5/c1-9(18-14(20)23-15(2,3)4)8-22-12-6-10(13(19)21-5)11(16)7-17-12/h6-7,9H,8H2,1-5H3,(H,18,20)/t9-/m0/s1. The molecular formula is C15H21BrN2O5. The van der Waals surface area contributed by atoms with Crippen molar-refractivity contribution in [2.45, 2.75) is 39.3 Å². The van der Waals surface area contributed by atoms with E-state index < -0.39 is 17.7 Å². The lowest BCUT2D eigenvalue weighted by Crippen LogP contribution is -2.40. The molecule has 0 saturated heterocycles. The molecule has 0 aromatic carbocycles. The third-order valence-corrected chi connectivity index (χ3v) is 3.11. The number of ether oxygens (including phenoxy) is 3. The van der Waals surface area contributed by atoms with Gasteiger partial charge in [0.2, 0.25) is 5.88 Å². The second-order valence-electron chi connectivity index (χ2n) is 5.85. The Labute approximate surface area is 143 Å². The summed E-state index contributed by atoms with van der Waals surface area (Å²) in [5.41, 5.74) is -0.252. The van der Waals surface area contributed by atoms with Crippen LogP contribution in [0.5, 0.6) is 5.88 Å². The maximum Gasteiger partial charge on any atom is 0.407 e. The van der Waals surface area contributed by atoms with E-state index in [4.69, 9.17) is 9.47 Å². The molecule has 1 aromatic heterocycles. The Kier molecular flexibility index (Phi) is 6.80. The van der Waals surface area contributed by atoms with E-state index >= 15 is 0 Å². The van der Waals surface area contributed by atoms with Gasteiger partial charge in [0.1, 0.15) is 12.2 Å². The number of rotatable bonds is 5. The fraction of sp³-hybridized carbons (Fsp3) is 0.533. The number of carbonyl (C=O) groups excluding carboxylic acids is 2. The molecule has 23 heavy (non-hydrogen) atoms. The van der Waals surface area contributed by atoms with Crippen LogP contribution in [-0.4, -0.2) is 42.4 Å². The minimum absolute atomic E-state index is 0.175. The van der Waals surface area contributed by atoms with E-state index in [9.17, 15) is 9.59 Å². The van der Waals surface area contributed by atoms with Crippen LogP contribution in [0.3, 0.4) is 0 Å². The Morgan fingerprint density at radius 3 is 2.61 bits per heavy atom. The normalized spacial score (nSPS) is 12.3. The summed E-state index contributed by atoms with van der Waals surface area (Å²) in [4.78, 5) is 27.3. The Morgan fingerprint density at radius 1 is 1.39 bits per heavy atom. The molecular weight excluding hydrogens is 368 g/mol. The summed E-state index contributed by atoms with van der Waals surface area (Å²) in [5.74, 6) is -0.240. The maximum atomic E-state index is 11.6. The zero-order valence-corrected chi connectivity index (χ0v) is 15.4. The molecule has 0 bridgehead atoms. The van der Waals surface area contributed by atoms with Crippen molar-refractivity contribution in [2.75, 3.05) is 13.7 Å². The second-order valence-corrected chi connectivity index (χ2v) is 6.71.